The molecule has 0 aliphatic carbocycles. The van der Waals surface area contributed by atoms with E-state index in [4.69, 9.17) is 5.73 Å². The summed E-state index contributed by atoms with van der Waals surface area (Å²) in [6.07, 6.45) is -1.64. The first-order valence-electron chi connectivity index (χ1n) is 5.10. The number of nitrogens with two attached hydrogens (primary N) is 1. The van der Waals surface area contributed by atoms with Gasteiger partial charge in [-0.15, -0.1) is 0 Å². The van der Waals surface area contributed by atoms with Gasteiger partial charge in [0.15, 0.2) is 0 Å². The zero-order valence-corrected chi connectivity index (χ0v) is 8.68. The van der Waals surface area contributed by atoms with Gasteiger partial charge in [-0.1, -0.05) is 12.1 Å². The van der Waals surface area contributed by atoms with E-state index in [-0.39, 0.29) is 12.5 Å². The second-order valence-corrected chi connectivity index (χ2v) is 3.89. The van der Waals surface area contributed by atoms with E-state index in [2.05, 4.69) is 5.32 Å². The number of hydrogen-bond donors (Lipinski definition) is 4. The average Bonchev–Trinajstić information content (AvgIpc) is 2.65. The quantitative estimate of drug-likeness (QED) is 0.556. The van der Waals surface area contributed by atoms with Gasteiger partial charge in [0.25, 0.3) is 0 Å². The zero-order valence-electron chi connectivity index (χ0n) is 8.68. The minimum Gasteiger partial charge on any atom is -0.389 e. The molecule has 1 aliphatic rings. The second kappa shape index (κ2) is 4.21. The molecule has 1 amide bonds. The van der Waals surface area contributed by atoms with Crippen LogP contribution in [0.2, 0.25) is 0 Å². The maximum absolute atomic E-state index is 11.1. The van der Waals surface area contributed by atoms with Crippen molar-refractivity contribution >= 4 is 11.6 Å². The molecule has 2 rings (SSSR count). The smallest absolute Gasteiger partial charge is 0.228 e. The molecule has 0 aromatic heterocycles. The molecule has 0 saturated carbocycles. The van der Waals surface area contributed by atoms with Gasteiger partial charge in [-0.3, -0.25) is 4.79 Å². The van der Waals surface area contributed by atoms with Crippen molar-refractivity contribution < 1.29 is 15.0 Å². The van der Waals surface area contributed by atoms with Gasteiger partial charge >= 0.3 is 0 Å². The van der Waals surface area contributed by atoms with E-state index in [1.165, 1.54) is 0 Å². The molecule has 5 heteroatoms. The molecule has 0 spiro atoms. The van der Waals surface area contributed by atoms with Crippen LogP contribution in [0, 0.1) is 0 Å². The molecular formula is C11H14N2O3. The fourth-order valence-electron chi connectivity index (χ4n) is 1.77. The summed E-state index contributed by atoms with van der Waals surface area (Å²) in [5.74, 6) is -0.0546. The van der Waals surface area contributed by atoms with Crippen LogP contribution in [-0.4, -0.2) is 28.8 Å². The van der Waals surface area contributed by atoms with E-state index in [1.54, 1.807) is 18.2 Å². The summed E-state index contributed by atoms with van der Waals surface area (Å²) in [6.45, 7) is -0.00931. The standard InChI is InChI=1S/C11H14N2O3/c12-5-9(14)11(16)7-2-1-6-4-10(15)13-8(6)3-7/h1-3,9,11,14,16H,4-5,12H2,(H,13,15). The molecule has 5 nitrogen and oxygen atoms in total. The Morgan fingerprint density at radius 2 is 2.19 bits per heavy atom. The van der Waals surface area contributed by atoms with Crippen LogP contribution in [0.4, 0.5) is 5.69 Å². The van der Waals surface area contributed by atoms with Crippen LogP contribution in [-0.2, 0) is 11.2 Å². The van der Waals surface area contributed by atoms with Crippen molar-refractivity contribution in [3.05, 3.63) is 29.3 Å². The van der Waals surface area contributed by atoms with Gasteiger partial charge in [-0.25, -0.2) is 0 Å². The molecular weight excluding hydrogens is 208 g/mol. The number of aliphatic hydroxyl groups excluding tert-OH is 2. The van der Waals surface area contributed by atoms with Crippen LogP contribution in [0.1, 0.15) is 17.2 Å². The molecule has 1 aromatic rings. The van der Waals surface area contributed by atoms with E-state index in [1.807, 2.05) is 0 Å². The van der Waals surface area contributed by atoms with Crippen molar-refractivity contribution in [2.45, 2.75) is 18.6 Å². The fourth-order valence-corrected chi connectivity index (χ4v) is 1.77. The highest BCUT2D eigenvalue weighted by atomic mass is 16.3. The Hall–Kier alpha value is -1.43. The summed E-state index contributed by atoms with van der Waals surface area (Å²) in [5.41, 5.74) is 7.43. The molecule has 16 heavy (non-hydrogen) atoms. The molecule has 1 heterocycles. The number of carbonyl (C=O) groups is 1. The van der Waals surface area contributed by atoms with Crippen LogP contribution in [0.5, 0.6) is 0 Å². The van der Waals surface area contributed by atoms with Crippen molar-refractivity contribution in [3.8, 4) is 0 Å². The van der Waals surface area contributed by atoms with E-state index >= 15 is 0 Å². The summed E-state index contributed by atoms with van der Waals surface area (Å²) in [5, 5.41) is 21.8. The first kappa shape index (κ1) is 11.1. The number of hydrogen-bond acceptors (Lipinski definition) is 4. The topological polar surface area (TPSA) is 95.6 Å². The van der Waals surface area contributed by atoms with E-state index in [9.17, 15) is 15.0 Å². The van der Waals surface area contributed by atoms with Crippen LogP contribution < -0.4 is 11.1 Å². The summed E-state index contributed by atoms with van der Waals surface area (Å²) in [6, 6.07) is 5.14. The molecule has 2 unspecified atom stereocenters. The number of carbonyl (C=O) groups excluding carboxylic acids is 1. The molecule has 1 aliphatic heterocycles. The van der Waals surface area contributed by atoms with Gasteiger partial charge in [-0.2, -0.15) is 0 Å². The van der Waals surface area contributed by atoms with Gasteiger partial charge in [-0.05, 0) is 17.2 Å². The lowest BCUT2D eigenvalue weighted by molar-refractivity contribution is -0.115. The molecule has 1 aromatic carbocycles. The third kappa shape index (κ3) is 1.92. The van der Waals surface area contributed by atoms with Crippen molar-refractivity contribution in [1.29, 1.82) is 0 Å². The Morgan fingerprint density at radius 1 is 1.44 bits per heavy atom. The SMILES string of the molecule is NCC(O)C(O)c1ccc2c(c1)NC(=O)C2. The van der Waals surface area contributed by atoms with Crippen molar-refractivity contribution in [3.63, 3.8) is 0 Å². The van der Waals surface area contributed by atoms with Gasteiger partial charge in [0.1, 0.15) is 6.10 Å². The Bertz CT molecular complexity index is 420. The first-order valence-corrected chi connectivity index (χ1v) is 5.10. The van der Waals surface area contributed by atoms with Gasteiger partial charge < -0.3 is 21.3 Å². The normalized spacial score (nSPS) is 17.8. The largest absolute Gasteiger partial charge is 0.389 e. The van der Waals surface area contributed by atoms with E-state index in [0.29, 0.717) is 17.7 Å². The summed E-state index contributed by atoms with van der Waals surface area (Å²) in [4.78, 5) is 11.1. The Kier molecular flexibility index (Phi) is 2.91. The molecule has 0 fully saturated rings. The minimum atomic E-state index is -1.02. The van der Waals surface area contributed by atoms with Crippen molar-refractivity contribution in [2.24, 2.45) is 5.73 Å². The van der Waals surface area contributed by atoms with Crippen LogP contribution in [0.3, 0.4) is 0 Å². The van der Waals surface area contributed by atoms with Gasteiger partial charge in [0.2, 0.25) is 5.91 Å². The highest BCUT2D eigenvalue weighted by Gasteiger charge is 2.21. The number of aliphatic hydroxyl groups is 2. The second-order valence-electron chi connectivity index (χ2n) is 3.89. The summed E-state index contributed by atoms with van der Waals surface area (Å²) >= 11 is 0. The Labute approximate surface area is 92.9 Å². The zero-order chi connectivity index (χ0) is 11.7. The lowest BCUT2D eigenvalue weighted by Crippen LogP contribution is -2.27. The number of benzene rings is 1. The Balaban J connectivity index is 2.25. The van der Waals surface area contributed by atoms with Crippen molar-refractivity contribution in [1.82, 2.24) is 0 Å². The van der Waals surface area contributed by atoms with Gasteiger partial charge in [0.05, 0.1) is 12.5 Å². The maximum atomic E-state index is 11.1. The number of fused-ring (bicyclic) bond motifs is 1. The summed E-state index contributed by atoms with van der Waals surface area (Å²) in [7, 11) is 0. The number of amides is 1. The van der Waals surface area contributed by atoms with Crippen LogP contribution >= 0.6 is 0 Å². The lowest BCUT2D eigenvalue weighted by atomic mass is 10.0. The molecule has 0 bridgehead atoms. The molecule has 0 saturated heterocycles. The Morgan fingerprint density at radius 3 is 2.88 bits per heavy atom. The number of anilines is 1. The first-order chi connectivity index (χ1) is 7.61. The predicted molar refractivity (Wildman–Crippen MR) is 58.8 cm³/mol. The van der Waals surface area contributed by atoms with E-state index in [0.717, 1.165) is 5.56 Å². The fraction of sp³-hybridized carbons (Fsp3) is 0.364. The predicted octanol–water partition coefficient (Wildman–Crippen LogP) is -0.466. The van der Waals surface area contributed by atoms with Crippen molar-refractivity contribution in [2.75, 3.05) is 11.9 Å². The number of rotatable bonds is 3. The monoisotopic (exact) mass is 222 g/mol. The van der Waals surface area contributed by atoms with Crippen LogP contribution in [0.15, 0.2) is 18.2 Å². The molecule has 86 valence electrons. The maximum Gasteiger partial charge on any atom is 0.228 e. The molecule has 0 radical (unpaired) electrons. The van der Waals surface area contributed by atoms with Crippen LogP contribution in [0.25, 0.3) is 0 Å². The number of nitrogens with one attached hydrogen (secondary N) is 1. The van der Waals surface area contributed by atoms with Gasteiger partial charge in [0, 0.05) is 12.2 Å². The van der Waals surface area contributed by atoms with E-state index < -0.39 is 12.2 Å². The highest BCUT2D eigenvalue weighted by Crippen LogP contribution is 2.27. The highest BCUT2D eigenvalue weighted by molar-refractivity contribution is 5.99. The summed E-state index contributed by atoms with van der Waals surface area (Å²) < 4.78 is 0. The third-order valence-corrected chi connectivity index (χ3v) is 2.71. The lowest BCUT2D eigenvalue weighted by Gasteiger charge is -2.17. The molecule has 5 N–H and O–H groups in total. The minimum absolute atomic E-state index is 0.00931. The molecule has 2 atom stereocenters. The third-order valence-electron chi connectivity index (χ3n) is 2.71. The average molecular weight is 222 g/mol.